The van der Waals surface area contributed by atoms with Crippen LogP contribution in [0.4, 0.5) is 18.9 Å². The molecule has 1 aromatic carbocycles. The number of aromatic amines is 1. The van der Waals surface area contributed by atoms with E-state index in [1.807, 2.05) is 6.92 Å². The van der Waals surface area contributed by atoms with Gasteiger partial charge in [-0.3, -0.25) is 14.7 Å². The number of Topliss-reactive ketones (excluding diaryl/α,β-unsaturated/α-hetero) is 1. The highest BCUT2D eigenvalue weighted by Gasteiger charge is 2.39. The zero-order valence-corrected chi connectivity index (χ0v) is 19.0. The minimum absolute atomic E-state index is 0.0160. The van der Waals surface area contributed by atoms with Crippen molar-refractivity contribution in [3.8, 4) is 5.75 Å². The summed E-state index contributed by atoms with van der Waals surface area (Å²) in [4.78, 5) is 38.1. The highest BCUT2D eigenvalue weighted by Crippen LogP contribution is 2.37. The first-order valence-corrected chi connectivity index (χ1v) is 11.3. The van der Waals surface area contributed by atoms with E-state index < -0.39 is 23.3 Å². The topological polar surface area (TPSA) is 105 Å². The number of unbranched alkanes of at least 4 members (excludes halogenated alkanes) is 1. The van der Waals surface area contributed by atoms with Gasteiger partial charge in [-0.05, 0) is 37.8 Å². The van der Waals surface area contributed by atoms with Gasteiger partial charge in [0.1, 0.15) is 11.3 Å². The molecular formula is C24H24F3N3O5. The molecule has 0 radical (unpaired) electrons. The summed E-state index contributed by atoms with van der Waals surface area (Å²) in [6.07, 6.45) is 0.767. The largest absolute Gasteiger partial charge is 0.493 e. The molecule has 1 atom stereocenters. The van der Waals surface area contributed by atoms with E-state index in [-0.39, 0.29) is 35.8 Å². The maximum atomic E-state index is 13.4. The molecule has 0 unspecified atom stereocenters. The summed E-state index contributed by atoms with van der Waals surface area (Å²) in [6.45, 7) is 2.10. The van der Waals surface area contributed by atoms with Gasteiger partial charge in [0.25, 0.3) is 0 Å². The van der Waals surface area contributed by atoms with Gasteiger partial charge in [-0.1, -0.05) is 13.3 Å². The molecule has 1 saturated heterocycles. The van der Waals surface area contributed by atoms with Gasteiger partial charge in [-0.2, -0.15) is 18.3 Å². The second-order valence-corrected chi connectivity index (χ2v) is 8.39. The molecule has 35 heavy (non-hydrogen) atoms. The second-order valence-electron chi connectivity index (χ2n) is 8.39. The van der Waals surface area contributed by atoms with Crippen LogP contribution in [0.15, 0.2) is 39.8 Å². The zero-order valence-electron chi connectivity index (χ0n) is 19.0. The number of hydrogen-bond acceptors (Lipinski definition) is 6. The van der Waals surface area contributed by atoms with Crippen molar-refractivity contribution in [2.45, 2.75) is 45.2 Å². The number of halogens is 3. The summed E-state index contributed by atoms with van der Waals surface area (Å²) in [5.74, 6) is -0.766. The summed E-state index contributed by atoms with van der Waals surface area (Å²) in [7, 11) is 0. The Labute approximate surface area is 198 Å². The van der Waals surface area contributed by atoms with Gasteiger partial charge in [0.05, 0.1) is 36.5 Å². The molecular weight excluding hydrogens is 467 g/mol. The molecule has 4 rings (SSSR count). The first-order valence-electron chi connectivity index (χ1n) is 11.3. The molecule has 3 heterocycles. The number of ether oxygens (including phenoxy) is 1. The molecule has 0 spiro atoms. The molecule has 2 aromatic heterocycles. The number of nitrogens with one attached hydrogen (secondary N) is 1. The lowest BCUT2D eigenvalue weighted by molar-refractivity contribution is -0.136. The van der Waals surface area contributed by atoms with Crippen LogP contribution in [0.25, 0.3) is 11.0 Å². The van der Waals surface area contributed by atoms with Crippen molar-refractivity contribution in [1.29, 1.82) is 0 Å². The van der Waals surface area contributed by atoms with Gasteiger partial charge in [-0.25, -0.2) is 4.79 Å². The molecule has 3 aromatic rings. The third-order valence-electron chi connectivity index (χ3n) is 5.98. The Bertz CT molecular complexity index is 1280. The minimum atomic E-state index is -4.69. The Balaban J connectivity index is 1.41. The number of alkyl halides is 3. The molecule has 0 saturated carbocycles. The monoisotopic (exact) mass is 491 g/mol. The molecule has 1 aliphatic heterocycles. The SMILES string of the molecule is CCCc1c(OCCCC[C@@H]2C(=O)CN(c3cn[nH]c3)C2=O)ccc2c(C(F)(F)F)cc(=O)oc12. The number of aromatic nitrogens is 2. The Morgan fingerprint density at radius 1 is 1.23 bits per heavy atom. The number of H-pyrrole nitrogens is 1. The number of aryl methyl sites for hydroxylation is 1. The number of amides is 1. The van der Waals surface area contributed by atoms with Gasteiger partial charge in [0.15, 0.2) is 5.78 Å². The molecule has 1 amide bonds. The van der Waals surface area contributed by atoms with Crippen molar-refractivity contribution in [3.05, 3.63) is 52.1 Å². The van der Waals surface area contributed by atoms with Gasteiger partial charge < -0.3 is 14.1 Å². The first-order chi connectivity index (χ1) is 16.7. The quantitative estimate of drug-likeness (QED) is 0.272. The van der Waals surface area contributed by atoms with Crippen LogP contribution in [-0.2, 0) is 22.2 Å². The third kappa shape index (κ3) is 5.08. The van der Waals surface area contributed by atoms with Crippen LogP contribution in [0, 0.1) is 5.92 Å². The number of nitrogens with zero attached hydrogens (tertiary/aromatic N) is 2. The van der Waals surface area contributed by atoms with Crippen LogP contribution in [-0.4, -0.2) is 35.0 Å². The predicted octanol–water partition coefficient (Wildman–Crippen LogP) is 4.27. The third-order valence-corrected chi connectivity index (χ3v) is 5.98. The van der Waals surface area contributed by atoms with Gasteiger partial charge >= 0.3 is 11.8 Å². The maximum Gasteiger partial charge on any atom is 0.417 e. The molecule has 0 aliphatic carbocycles. The van der Waals surface area contributed by atoms with E-state index in [0.29, 0.717) is 55.2 Å². The summed E-state index contributed by atoms with van der Waals surface area (Å²) >= 11 is 0. The molecule has 1 aliphatic rings. The summed E-state index contributed by atoms with van der Waals surface area (Å²) in [5.41, 5.74) is -1.28. The fraction of sp³-hybridized carbons (Fsp3) is 0.417. The number of ketones is 1. The fourth-order valence-electron chi connectivity index (χ4n) is 4.32. The number of hydrogen-bond donors (Lipinski definition) is 1. The highest BCUT2D eigenvalue weighted by atomic mass is 19.4. The van der Waals surface area contributed by atoms with Crippen LogP contribution >= 0.6 is 0 Å². The van der Waals surface area contributed by atoms with Gasteiger partial charge in [0, 0.05) is 23.2 Å². The van der Waals surface area contributed by atoms with Crippen LogP contribution in [0.2, 0.25) is 0 Å². The van der Waals surface area contributed by atoms with Crippen LogP contribution in [0.3, 0.4) is 0 Å². The average Bonchev–Trinajstić information content (AvgIpc) is 3.42. The van der Waals surface area contributed by atoms with Crippen LogP contribution in [0.5, 0.6) is 5.75 Å². The van der Waals surface area contributed by atoms with Crippen molar-refractivity contribution < 1.29 is 31.9 Å². The number of carbonyl (C=O) groups excluding carboxylic acids is 2. The van der Waals surface area contributed by atoms with E-state index in [2.05, 4.69) is 10.2 Å². The molecule has 11 heteroatoms. The summed E-state index contributed by atoms with van der Waals surface area (Å²) in [5, 5.41) is 6.23. The van der Waals surface area contributed by atoms with Crippen molar-refractivity contribution in [2.24, 2.45) is 5.92 Å². The fourth-order valence-corrected chi connectivity index (χ4v) is 4.32. The van der Waals surface area contributed by atoms with E-state index in [4.69, 9.17) is 9.15 Å². The average molecular weight is 491 g/mol. The smallest absolute Gasteiger partial charge is 0.417 e. The lowest BCUT2D eigenvalue weighted by Crippen LogP contribution is -2.26. The number of benzene rings is 1. The minimum Gasteiger partial charge on any atom is -0.493 e. The Hall–Kier alpha value is -3.63. The number of anilines is 1. The Morgan fingerprint density at radius 3 is 2.71 bits per heavy atom. The zero-order chi connectivity index (χ0) is 25.2. The van der Waals surface area contributed by atoms with E-state index in [1.54, 1.807) is 6.20 Å². The van der Waals surface area contributed by atoms with Crippen molar-refractivity contribution >= 4 is 28.3 Å². The van der Waals surface area contributed by atoms with Gasteiger partial charge in [0.2, 0.25) is 5.91 Å². The maximum absolute atomic E-state index is 13.4. The normalized spacial score (nSPS) is 16.5. The molecule has 1 N–H and O–H groups in total. The highest BCUT2D eigenvalue weighted by molar-refractivity contribution is 6.17. The summed E-state index contributed by atoms with van der Waals surface area (Å²) < 4.78 is 51.3. The predicted molar refractivity (Wildman–Crippen MR) is 120 cm³/mol. The van der Waals surface area contributed by atoms with Gasteiger partial charge in [-0.15, -0.1) is 0 Å². The standard InChI is InChI=1S/C24H24F3N3O5/c1-2-5-17-20(8-7-15-18(24(25,26)27)10-21(32)35-22(15)17)34-9-4-3-6-16-19(31)13-30(23(16)33)14-11-28-29-12-14/h7-8,10-12,16H,2-6,9,13H2,1H3,(H,28,29)/t16-/m1/s1. The van der Waals surface area contributed by atoms with E-state index in [0.717, 1.165) is 0 Å². The Morgan fingerprint density at radius 2 is 2.03 bits per heavy atom. The van der Waals surface area contributed by atoms with Crippen LogP contribution < -0.4 is 15.3 Å². The van der Waals surface area contributed by atoms with E-state index >= 15 is 0 Å². The van der Waals surface area contributed by atoms with E-state index in [9.17, 15) is 27.6 Å². The lowest BCUT2D eigenvalue weighted by Gasteiger charge is -2.16. The summed E-state index contributed by atoms with van der Waals surface area (Å²) in [6, 6.07) is 3.16. The molecule has 1 fully saturated rings. The van der Waals surface area contributed by atoms with Crippen molar-refractivity contribution in [3.63, 3.8) is 0 Å². The molecule has 186 valence electrons. The number of rotatable bonds is 9. The Kier molecular flexibility index (Phi) is 6.95. The number of fused-ring (bicyclic) bond motifs is 1. The van der Waals surface area contributed by atoms with Crippen LogP contribution in [0.1, 0.15) is 43.7 Å². The lowest BCUT2D eigenvalue weighted by atomic mass is 9.99. The molecule has 0 bridgehead atoms. The molecule has 8 nitrogen and oxygen atoms in total. The van der Waals surface area contributed by atoms with Crippen molar-refractivity contribution in [1.82, 2.24) is 10.2 Å². The van der Waals surface area contributed by atoms with E-state index in [1.165, 1.54) is 23.2 Å². The second kappa shape index (κ2) is 9.93. The number of carbonyl (C=O) groups is 2. The van der Waals surface area contributed by atoms with Crippen molar-refractivity contribution in [2.75, 3.05) is 18.1 Å². The first kappa shape index (κ1) is 24.5.